The number of benzene rings is 1. The molecule has 1 aromatic rings. The molecular formula is C16H25N3O. The van der Waals surface area contributed by atoms with Crippen LogP contribution in [0.15, 0.2) is 24.3 Å². The number of anilines is 2. The zero-order valence-electron chi connectivity index (χ0n) is 12.3. The van der Waals surface area contributed by atoms with E-state index in [-0.39, 0.29) is 5.91 Å². The monoisotopic (exact) mass is 275 g/mol. The van der Waals surface area contributed by atoms with Gasteiger partial charge in [-0.25, -0.2) is 0 Å². The Hall–Kier alpha value is -1.55. The van der Waals surface area contributed by atoms with Gasteiger partial charge in [0.15, 0.2) is 0 Å². The van der Waals surface area contributed by atoms with Crippen LogP contribution < -0.4 is 11.1 Å². The van der Waals surface area contributed by atoms with Crippen molar-refractivity contribution in [3.8, 4) is 0 Å². The van der Waals surface area contributed by atoms with E-state index in [4.69, 9.17) is 5.73 Å². The molecule has 1 heterocycles. The fourth-order valence-electron chi connectivity index (χ4n) is 2.70. The van der Waals surface area contributed by atoms with Crippen LogP contribution in [0.2, 0.25) is 0 Å². The van der Waals surface area contributed by atoms with Crippen LogP contribution in [-0.2, 0) is 4.79 Å². The minimum absolute atomic E-state index is 0.0843. The fourth-order valence-corrected chi connectivity index (χ4v) is 2.70. The molecule has 1 fully saturated rings. The first-order chi connectivity index (χ1) is 9.67. The van der Waals surface area contributed by atoms with E-state index in [0.29, 0.717) is 12.1 Å². The van der Waals surface area contributed by atoms with Crippen molar-refractivity contribution in [3.05, 3.63) is 24.3 Å². The Balaban J connectivity index is 1.64. The second-order valence-electron chi connectivity index (χ2n) is 5.64. The summed E-state index contributed by atoms with van der Waals surface area (Å²) in [6, 6.07) is 7.26. The fraction of sp³-hybridized carbons (Fsp3) is 0.562. The van der Waals surface area contributed by atoms with Gasteiger partial charge in [-0.2, -0.15) is 0 Å². The molecule has 1 saturated heterocycles. The molecule has 1 atom stereocenters. The maximum Gasteiger partial charge on any atom is 0.224 e. The Morgan fingerprint density at radius 3 is 2.80 bits per heavy atom. The van der Waals surface area contributed by atoms with Crippen LogP contribution in [0.25, 0.3) is 0 Å². The van der Waals surface area contributed by atoms with Gasteiger partial charge in [0.1, 0.15) is 0 Å². The number of nitrogen functional groups attached to an aromatic ring is 1. The first kappa shape index (κ1) is 14.9. The summed E-state index contributed by atoms with van der Waals surface area (Å²) in [5.74, 6) is 0.944. The first-order valence-corrected chi connectivity index (χ1v) is 7.55. The molecule has 110 valence electrons. The van der Waals surface area contributed by atoms with E-state index in [1.165, 1.54) is 25.9 Å². The van der Waals surface area contributed by atoms with Gasteiger partial charge in [0.25, 0.3) is 0 Å². The molecule has 0 aliphatic carbocycles. The molecule has 3 N–H and O–H groups in total. The lowest BCUT2D eigenvalue weighted by atomic mass is 10.1. The molecule has 0 aromatic heterocycles. The Morgan fingerprint density at radius 1 is 1.40 bits per heavy atom. The number of amides is 1. The van der Waals surface area contributed by atoms with Gasteiger partial charge in [-0.15, -0.1) is 0 Å². The molecule has 0 bridgehead atoms. The third kappa shape index (κ3) is 4.53. The molecule has 1 aromatic carbocycles. The number of nitrogens with zero attached hydrogens (tertiary/aromatic N) is 1. The predicted octanol–water partition coefficient (Wildman–Crippen LogP) is 2.72. The standard InChI is InChI=1S/C16H25N3O/c1-2-13-9-11-19(12-13)10-3-4-16(20)18-15-7-5-14(17)6-8-15/h5-8,13H,2-4,9-12,17H2,1H3,(H,18,20). The number of nitrogens with one attached hydrogen (secondary N) is 1. The zero-order chi connectivity index (χ0) is 14.4. The van der Waals surface area contributed by atoms with Crippen LogP contribution >= 0.6 is 0 Å². The molecular weight excluding hydrogens is 250 g/mol. The van der Waals surface area contributed by atoms with Crippen LogP contribution in [0.1, 0.15) is 32.6 Å². The topological polar surface area (TPSA) is 58.4 Å². The maximum absolute atomic E-state index is 11.8. The van der Waals surface area contributed by atoms with Crippen LogP contribution in [0, 0.1) is 5.92 Å². The minimum atomic E-state index is 0.0843. The van der Waals surface area contributed by atoms with Crippen LogP contribution in [0.5, 0.6) is 0 Å². The molecule has 2 rings (SSSR count). The summed E-state index contributed by atoms with van der Waals surface area (Å²) in [4.78, 5) is 14.3. The summed E-state index contributed by atoms with van der Waals surface area (Å²) in [7, 11) is 0. The molecule has 20 heavy (non-hydrogen) atoms. The van der Waals surface area contributed by atoms with E-state index in [1.807, 2.05) is 12.1 Å². The van der Waals surface area contributed by atoms with Gasteiger partial charge in [-0.3, -0.25) is 4.79 Å². The molecule has 1 unspecified atom stereocenters. The number of nitrogens with two attached hydrogens (primary N) is 1. The van der Waals surface area contributed by atoms with Crippen LogP contribution in [-0.4, -0.2) is 30.4 Å². The van der Waals surface area contributed by atoms with Gasteiger partial charge < -0.3 is 16.0 Å². The van der Waals surface area contributed by atoms with E-state index < -0.39 is 0 Å². The Labute approximate surface area is 121 Å². The van der Waals surface area contributed by atoms with E-state index in [9.17, 15) is 4.79 Å². The van der Waals surface area contributed by atoms with E-state index in [1.54, 1.807) is 12.1 Å². The Bertz CT molecular complexity index is 430. The van der Waals surface area contributed by atoms with Gasteiger partial charge in [-0.1, -0.05) is 13.3 Å². The molecule has 4 nitrogen and oxygen atoms in total. The molecule has 0 spiro atoms. The van der Waals surface area contributed by atoms with Crippen molar-refractivity contribution < 1.29 is 4.79 Å². The number of carbonyl (C=O) groups excluding carboxylic acids is 1. The Morgan fingerprint density at radius 2 is 2.15 bits per heavy atom. The SMILES string of the molecule is CCC1CCN(CCCC(=O)Nc2ccc(N)cc2)C1. The van der Waals surface area contributed by atoms with Gasteiger partial charge in [0.2, 0.25) is 5.91 Å². The highest BCUT2D eigenvalue weighted by Gasteiger charge is 2.20. The highest BCUT2D eigenvalue weighted by atomic mass is 16.1. The summed E-state index contributed by atoms with van der Waals surface area (Å²) in [5.41, 5.74) is 7.14. The second kappa shape index (κ2) is 7.29. The first-order valence-electron chi connectivity index (χ1n) is 7.55. The molecule has 0 radical (unpaired) electrons. The van der Waals surface area contributed by atoms with Gasteiger partial charge in [0.05, 0.1) is 0 Å². The van der Waals surface area contributed by atoms with Gasteiger partial charge in [-0.05, 0) is 56.1 Å². The van der Waals surface area contributed by atoms with E-state index in [0.717, 1.165) is 24.6 Å². The third-order valence-electron chi connectivity index (χ3n) is 4.02. The number of likely N-dealkylation sites (tertiary alicyclic amines) is 1. The summed E-state index contributed by atoms with van der Waals surface area (Å²) < 4.78 is 0. The highest BCUT2D eigenvalue weighted by Crippen LogP contribution is 2.19. The predicted molar refractivity (Wildman–Crippen MR) is 83.6 cm³/mol. The molecule has 4 heteroatoms. The van der Waals surface area contributed by atoms with Gasteiger partial charge in [0, 0.05) is 24.3 Å². The Kier molecular flexibility index (Phi) is 5.41. The van der Waals surface area contributed by atoms with Crippen LogP contribution in [0.3, 0.4) is 0 Å². The summed E-state index contributed by atoms with van der Waals surface area (Å²) in [5, 5.41) is 2.90. The lowest BCUT2D eigenvalue weighted by molar-refractivity contribution is -0.116. The van der Waals surface area contributed by atoms with Gasteiger partial charge >= 0.3 is 0 Å². The molecule has 1 aliphatic rings. The lowest BCUT2D eigenvalue weighted by Crippen LogP contribution is -2.23. The van der Waals surface area contributed by atoms with E-state index in [2.05, 4.69) is 17.1 Å². The summed E-state index contributed by atoms with van der Waals surface area (Å²) in [6.45, 7) is 5.69. The quantitative estimate of drug-likeness (QED) is 0.785. The van der Waals surface area contributed by atoms with E-state index >= 15 is 0 Å². The van der Waals surface area contributed by atoms with Crippen molar-refractivity contribution in [2.45, 2.75) is 32.6 Å². The second-order valence-corrected chi connectivity index (χ2v) is 5.64. The minimum Gasteiger partial charge on any atom is -0.399 e. The molecule has 1 amide bonds. The molecule has 1 aliphatic heterocycles. The van der Waals surface area contributed by atoms with Crippen LogP contribution in [0.4, 0.5) is 11.4 Å². The smallest absolute Gasteiger partial charge is 0.224 e. The summed E-state index contributed by atoms with van der Waals surface area (Å²) in [6.07, 6.45) is 4.09. The van der Waals surface area contributed by atoms with Crippen molar-refractivity contribution in [1.82, 2.24) is 4.90 Å². The molecule has 0 saturated carbocycles. The number of carbonyl (C=O) groups is 1. The van der Waals surface area contributed by atoms with Crippen molar-refractivity contribution >= 4 is 17.3 Å². The van der Waals surface area contributed by atoms with Crippen molar-refractivity contribution in [3.63, 3.8) is 0 Å². The normalized spacial score (nSPS) is 19.1. The maximum atomic E-state index is 11.8. The number of hydrogen-bond donors (Lipinski definition) is 2. The van der Waals surface area contributed by atoms with Crippen molar-refractivity contribution in [1.29, 1.82) is 0 Å². The zero-order valence-corrected chi connectivity index (χ0v) is 12.3. The third-order valence-corrected chi connectivity index (χ3v) is 4.02. The van der Waals surface area contributed by atoms with Crippen molar-refractivity contribution in [2.24, 2.45) is 5.92 Å². The largest absolute Gasteiger partial charge is 0.399 e. The number of hydrogen-bond acceptors (Lipinski definition) is 3. The summed E-state index contributed by atoms with van der Waals surface area (Å²) >= 11 is 0. The average molecular weight is 275 g/mol. The lowest BCUT2D eigenvalue weighted by Gasteiger charge is -2.15. The average Bonchev–Trinajstić information content (AvgIpc) is 2.89. The highest BCUT2D eigenvalue weighted by molar-refractivity contribution is 5.90. The van der Waals surface area contributed by atoms with Crippen molar-refractivity contribution in [2.75, 3.05) is 30.7 Å². The number of rotatable bonds is 6.